The molecule has 27 heavy (non-hydrogen) atoms. The number of aromatic hydroxyl groups is 1. The molecule has 2 aromatic carbocycles. The fourth-order valence-corrected chi connectivity index (χ4v) is 4.52. The maximum absolute atomic E-state index is 13.6. The van der Waals surface area contributed by atoms with Gasteiger partial charge in [-0.2, -0.15) is 0 Å². The van der Waals surface area contributed by atoms with Crippen LogP contribution < -0.4 is 4.90 Å². The maximum atomic E-state index is 13.6. The number of allylic oxidation sites excluding steroid dienone is 3. The number of benzene rings is 2. The van der Waals surface area contributed by atoms with Crippen LogP contribution in [0.5, 0.6) is 5.75 Å². The van der Waals surface area contributed by atoms with Crippen molar-refractivity contribution in [1.82, 2.24) is 0 Å². The Morgan fingerprint density at radius 2 is 1.78 bits per heavy atom. The van der Waals surface area contributed by atoms with E-state index in [-0.39, 0.29) is 23.5 Å². The van der Waals surface area contributed by atoms with E-state index >= 15 is 0 Å². The molecule has 2 aromatic rings. The molecule has 3 unspecified atom stereocenters. The van der Waals surface area contributed by atoms with Crippen molar-refractivity contribution in [1.29, 1.82) is 0 Å². The topological polar surface area (TPSA) is 57.6 Å². The minimum Gasteiger partial charge on any atom is -0.508 e. The van der Waals surface area contributed by atoms with Gasteiger partial charge >= 0.3 is 0 Å². The second-order valence-corrected chi connectivity index (χ2v) is 7.32. The number of phenolic OH excluding ortho intramolecular Hbond substituents is 1. The van der Waals surface area contributed by atoms with Crippen LogP contribution in [0.2, 0.25) is 0 Å². The summed E-state index contributed by atoms with van der Waals surface area (Å²) in [6.45, 7) is 5.80. The van der Waals surface area contributed by atoms with Crippen molar-refractivity contribution in [2.75, 3.05) is 4.90 Å². The fourth-order valence-electron chi connectivity index (χ4n) is 4.52. The van der Waals surface area contributed by atoms with Gasteiger partial charge in [-0.3, -0.25) is 9.59 Å². The summed E-state index contributed by atoms with van der Waals surface area (Å²) in [5.41, 5.74) is 1.53. The summed E-state index contributed by atoms with van der Waals surface area (Å²) < 4.78 is 0. The molecular formula is C23H21NO3. The number of anilines is 1. The summed E-state index contributed by atoms with van der Waals surface area (Å²) in [5, 5.41) is 9.65. The van der Waals surface area contributed by atoms with Gasteiger partial charge in [-0.25, -0.2) is 4.90 Å². The Morgan fingerprint density at radius 1 is 1.11 bits per heavy atom. The molecule has 136 valence electrons. The number of imide groups is 1. The largest absolute Gasteiger partial charge is 0.508 e. The van der Waals surface area contributed by atoms with E-state index < -0.39 is 11.3 Å². The Labute approximate surface area is 158 Å². The molecule has 1 aliphatic heterocycles. The van der Waals surface area contributed by atoms with E-state index in [1.54, 1.807) is 30.3 Å². The number of carbonyl (C=O) groups is 2. The zero-order valence-corrected chi connectivity index (χ0v) is 15.1. The van der Waals surface area contributed by atoms with Crippen LogP contribution in [0.4, 0.5) is 5.69 Å². The van der Waals surface area contributed by atoms with E-state index in [1.807, 2.05) is 43.3 Å². The molecule has 2 amide bonds. The number of fused-ring (bicyclic) bond motifs is 1. The van der Waals surface area contributed by atoms with E-state index in [4.69, 9.17) is 0 Å². The maximum Gasteiger partial charge on any atom is 0.241 e. The minimum absolute atomic E-state index is 0.156. The van der Waals surface area contributed by atoms with E-state index in [2.05, 4.69) is 6.58 Å². The predicted octanol–water partition coefficient (Wildman–Crippen LogP) is 4.19. The lowest BCUT2D eigenvalue weighted by molar-refractivity contribution is -0.127. The average molecular weight is 359 g/mol. The first-order chi connectivity index (χ1) is 13.0. The number of amides is 2. The highest BCUT2D eigenvalue weighted by Crippen LogP contribution is 2.56. The third-order valence-electron chi connectivity index (χ3n) is 5.91. The second kappa shape index (κ2) is 6.23. The van der Waals surface area contributed by atoms with E-state index in [1.165, 1.54) is 4.90 Å². The number of phenols is 1. The van der Waals surface area contributed by atoms with Crippen LogP contribution in [0.15, 0.2) is 78.9 Å². The Balaban J connectivity index is 1.86. The highest BCUT2D eigenvalue weighted by atomic mass is 16.3. The highest BCUT2D eigenvalue weighted by molar-refractivity contribution is 6.24. The van der Waals surface area contributed by atoms with Crippen LogP contribution in [0, 0.1) is 11.3 Å². The van der Waals surface area contributed by atoms with Crippen molar-refractivity contribution < 1.29 is 14.7 Å². The van der Waals surface area contributed by atoms with Crippen LogP contribution in [-0.2, 0) is 9.59 Å². The molecule has 4 rings (SSSR count). The molecule has 1 N–H and O–H groups in total. The average Bonchev–Trinajstić information content (AvgIpc) is 2.88. The number of nitrogens with zero attached hydrogens (tertiary/aromatic N) is 1. The Hall–Kier alpha value is -3.14. The van der Waals surface area contributed by atoms with Crippen molar-refractivity contribution in [3.05, 3.63) is 84.5 Å². The van der Waals surface area contributed by atoms with Crippen molar-refractivity contribution in [2.45, 2.75) is 19.3 Å². The van der Waals surface area contributed by atoms with Gasteiger partial charge in [0.15, 0.2) is 0 Å². The summed E-state index contributed by atoms with van der Waals surface area (Å²) in [6, 6.07) is 15.9. The first-order valence-electron chi connectivity index (χ1n) is 9.03. The van der Waals surface area contributed by atoms with Gasteiger partial charge in [-0.15, -0.1) is 0 Å². The van der Waals surface area contributed by atoms with Crippen LogP contribution in [0.3, 0.4) is 0 Å². The molecule has 1 aliphatic carbocycles. The lowest BCUT2D eigenvalue weighted by atomic mass is 9.60. The number of rotatable bonds is 3. The van der Waals surface area contributed by atoms with Crippen molar-refractivity contribution >= 4 is 17.5 Å². The Morgan fingerprint density at radius 3 is 2.41 bits per heavy atom. The van der Waals surface area contributed by atoms with Crippen LogP contribution >= 0.6 is 0 Å². The summed E-state index contributed by atoms with van der Waals surface area (Å²) in [5.74, 6) is -0.890. The van der Waals surface area contributed by atoms with Crippen LogP contribution in [0.25, 0.3) is 0 Å². The highest BCUT2D eigenvalue weighted by Gasteiger charge is 2.62. The van der Waals surface area contributed by atoms with Gasteiger partial charge in [0.1, 0.15) is 5.75 Å². The molecule has 2 aliphatic rings. The molecule has 4 nitrogen and oxygen atoms in total. The molecule has 0 saturated carbocycles. The zero-order valence-electron chi connectivity index (χ0n) is 15.1. The molecular weight excluding hydrogens is 338 g/mol. The monoisotopic (exact) mass is 359 g/mol. The van der Waals surface area contributed by atoms with Crippen LogP contribution in [0.1, 0.15) is 24.8 Å². The smallest absolute Gasteiger partial charge is 0.241 e. The summed E-state index contributed by atoms with van der Waals surface area (Å²) in [6.07, 6.45) is 4.29. The first kappa shape index (κ1) is 17.3. The molecule has 0 spiro atoms. The van der Waals surface area contributed by atoms with Crippen LogP contribution in [-0.4, -0.2) is 16.9 Å². The summed E-state index contributed by atoms with van der Waals surface area (Å²) in [7, 11) is 0. The second-order valence-electron chi connectivity index (χ2n) is 7.32. The molecule has 1 saturated heterocycles. The summed E-state index contributed by atoms with van der Waals surface area (Å²) in [4.78, 5) is 28.1. The Bertz CT molecular complexity index is 945. The van der Waals surface area contributed by atoms with E-state index in [0.29, 0.717) is 12.1 Å². The number of hydrogen-bond acceptors (Lipinski definition) is 3. The third kappa shape index (κ3) is 2.44. The van der Waals surface area contributed by atoms with Gasteiger partial charge in [0, 0.05) is 5.92 Å². The minimum atomic E-state index is -0.901. The lowest BCUT2D eigenvalue weighted by Crippen LogP contribution is -2.41. The van der Waals surface area contributed by atoms with Gasteiger partial charge in [0.05, 0.1) is 17.0 Å². The molecule has 0 bridgehead atoms. The van der Waals surface area contributed by atoms with Gasteiger partial charge in [-0.05, 0) is 48.7 Å². The van der Waals surface area contributed by atoms with Gasteiger partial charge < -0.3 is 5.11 Å². The van der Waals surface area contributed by atoms with Gasteiger partial charge in [0.2, 0.25) is 11.8 Å². The quantitative estimate of drug-likeness (QED) is 0.836. The SMILES string of the molecule is C=CC1=CCC2C(=O)N(c3ccccc3)C(=O)C2(C)C1c1ccc(O)cc1. The molecule has 0 radical (unpaired) electrons. The number of hydrogen-bond donors (Lipinski definition) is 1. The van der Waals surface area contributed by atoms with Crippen molar-refractivity contribution in [3.63, 3.8) is 0 Å². The summed E-state index contributed by atoms with van der Waals surface area (Å²) >= 11 is 0. The van der Waals surface area contributed by atoms with Crippen molar-refractivity contribution in [3.8, 4) is 5.75 Å². The van der Waals surface area contributed by atoms with E-state index in [0.717, 1.165) is 11.1 Å². The normalized spacial score (nSPS) is 27.3. The van der Waals surface area contributed by atoms with Gasteiger partial charge in [-0.1, -0.05) is 49.1 Å². The molecule has 1 heterocycles. The predicted molar refractivity (Wildman–Crippen MR) is 104 cm³/mol. The van der Waals surface area contributed by atoms with Crippen molar-refractivity contribution in [2.24, 2.45) is 11.3 Å². The first-order valence-corrected chi connectivity index (χ1v) is 9.03. The fraction of sp³-hybridized carbons (Fsp3) is 0.217. The molecule has 0 aromatic heterocycles. The standard InChI is InChI=1S/C23H21NO3/c1-3-15-11-14-19-21(26)24(17-7-5-4-6-8-17)22(27)23(19,2)20(15)16-9-12-18(25)13-10-16/h3-13,19-20,25H,1,14H2,2H3. The molecule has 1 fully saturated rings. The molecule has 4 heteroatoms. The van der Waals surface area contributed by atoms with Gasteiger partial charge in [0.25, 0.3) is 0 Å². The third-order valence-corrected chi connectivity index (χ3v) is 5.91. The molecule has 3 atom stereocenters. The number of carbonyl (C=O) groups excluding carboxylic acids is 2. The number of para-hydroxylation sites is 1. The zero-order chi connectivity index (χ0) is 19.2. The van der Waals surface area contributed by atoms with E-state index in [9.17, 15) is 14.7 Å². The Kier molecular flexibility index (Phi) is 3.99. The lowest BCUT2D eigenvalue weighted by Gasteiger charge is -2.40.